The Morgan fingerprint density at radius 3 is 2.37 bits per heavy atom. The van der Waals surface area contributed by atoms with Crippen molar-refractivity contribution in [1.29, 1.82) is 0 Å². The van der Waals surface area contributed by atoms with E-state index in [1.54, 1.807) is 0 Å². The van der Waals surface area contributed by atoms with E-state index in [1.165, 1.54) is 12.8 Å². The van der Waals surface area contributed by atoms with E-state index in [9.17, 15) is 4.79 Å². The minimum Gasteiger partial charge on any atom is -0.492 e. The Morgan fingerprint density at radius 2 is 1.78 bits per heavy atom. The van der Waals surface area contributed by atoms with E-state index in [0.29, 0.717) is 12.6 Å². The van der Waals surface area contributed by atoms with Crippen LogP contribution in [0.15, 0.2) is 24.3 Å². The highest BCUT2D eigenvalue weighted by Crippen LogP contribution is 2.28. The van der Waals surface area contributed by atoms with E-state index in [2.05, 4.69) is 24.1 Å². The molecule has 1 amide bonds. The number of ether oxygens (including phenoxy) is 1. The van der Waals surface area contributed by atoms with Crippen molar-refractivity contribution in [3.8, 4) is 5.75 Å². The van der Waals surface area contributed by atoms with Crippen LogP contribution in [0.25, 0.3) is 0 Å². The fourth-order valence-corrected chi connectivity index (χ4v) is 3.65. The highest BCUT2D eigenvalue weighted by atomic mass is 16.5. The van der Waals surface area contributed by atoms with Crippen LogP contribution in [0.5, 0.6) is 5.75 Å². The second-order valence-electron chi connectivity index (χ2n) is 7.82. The molecule has 27 heavy (non-hydrogen) atoms. The lowest BCUT2D eigenvalue weighted by Crippen LogP contribution is -2.45. The molecule has 1 saturated carbocycles. The summed E-state index contributed by atoms with van der Waals surface area (Å²) in [6.45, 7) is 10.9. The Hall–Kier alpha value is -1.59. The number of rotatable bonds is 10. The monoisotopic (exact) mass is 373 g/mol. The summed E-state index contributed by atoms with van der Waals surface area (Å²) in [7, 11) is 0. The molecule has 1 N–H and O–H groups in total. The number of amides is 1. The molecule has 0 aromatic heterocycles. The van der Waals surface area contributed by atoms with Gasteiger partial charge in [0, 0.05) is 31.2 Å². The Morgan fingerprint density at radius 1 is 1.11 bits per heavy atom. The van der Waals surface area contributed by atoms with Crippen molar-refractivity contribution in [1.82, 2.24) is 15.1 Å². The SMILES string of the molecule is CCN(CC)CCOc1ccc(C(=O)N2CCC(NCC3CC3)CC2)cc1. The predicted molar refractivity (Wildman–Crippen MR) is 109 cm³/mol. The van der Waals surface area contributed by atoms with Gasteiger partial charge >= 0.3 is 0 Å². The first-order valence-electron chi connectivity index (χ1n) is 10.7. The number of hydrogen-bond acceptors (Lipinski definition) is 4. The molecule has 5 heteroatoms. The molecule has 2 aliphatic rings. The van der Waals surface area contributed by atoms with E-state index in [1.807, 2.05) is 29.2 Å². The predicted octanol–water partition coefficient (Wildman–Crippen LogP) is 3.01. The van der Waals surface area contributed by atoms with Gasteiger partial charge in [0.1, 0.15) is 12.4 Å². The Bertz CT molecular complexity index is 574. The number of hydrogen-bond donors (Lipinski definition) is 1. The number of piperidine rings is 1. The van der Waals surface area contributed by atoms with Crippen LogP contribution in [0, 0.1) is 5.92 Å². The zero-order valence-electron chi connectivity index (χ0n) is 17.0. The minimum atomic E-state index is 0.144. The summed E-state index contributed by atoms with van der Waals surface area (Å²) in [6, 6.07) is 8.20. The van der Waals surface area contributed by atoms with Gasteiger partial charge in [-0.15, -0.1) is 0 Å². The maximum absolute atomic E-state index is 12.7. The maximum Gasteiger partial charge on any atom is 0.253 e. The fraction of sp³-hybridized carbons (Fsp3) is 0.682. The number of carbonyl (C=O) groups is 1. The molecular formula is C22H35N3O2. The second-order valence-corrected chi connectivity index (χ2v) is 7.82. The molecule has 0 radical (unpaired) electrons. The topological polar surface area (TPSA) is 44.8 Å². The second kappa shape index (κ2) is 10.1. The first kappa shape index (κ1) is 20.2. The molecule has 0 bridgehead atoms. The number of likely N-dealkylation sites (tertiary alicyclic amines) is 1. The molecule has 1 aromatic carbocycles. The van der Waals surface area contributed by atoms with Crippen LogP contribution in [0.1, 0.15) is 49.9 Å². The van der Waals surface area contributed by atoms with Gasteiger partial charge in [0.2, 0.25) is 0 Å². The summed E-state index contributed by atoms with van der Waals surface area (Å²) in [6.07, 6.45) is 4.90. The lowest BCUT2D eigenvalue weighted by molar-refractivity contribution is 0.0705. The molecule has 1 heterocycles. The van der Waals surface area contributed by atoms with Gasteiger partial charge in [-0.3, -0.25) is 4.79 Å². The van der Waals surface area contributed by atoms with E-state index in [0.717, 1.165) is 69.3 Å². The minimum absolute atomic E-state index is 0.144. The van der Waals surface area contributed by atoms with Crippen LogP contribution in [0.2, 0.25) is 0 Å². The maximum atomic E-state index is 12.7. The Kier molecular flexibility index (Phi) is 7.53. The van der Waals surface area contributed by atoms with Gasteiger partial charge in [-0.1, -0.05) is 13.8 Å². The van der Waals surface area contributed by atoms with Crippen molar-refractivity contribution in [2.24, 2.45) is 5.92 Å². The molecule has 1 aromatic rings. The third-order valence-corrected chi connectivity index (χ3v) is 5.85. The number of nitrogens with one attached hydrogen (secondary N) is 1. The fourth-order valence-electron chi connectivity index (χ4n) is 3.65. The summed E-state index contributed by atoms with van der Waals surface area (Å²) in [5.41, 5.74) is 0.760. The van der Waals surface area contributed by atoms with Crippen LogP contribution in [0.4, 0.5) is 0 Å². The van der Waals surface area contributed by atoms with Gasteiger partial charge in [0.05, 0.1) is 0 Å². The normalized spacial score (nSPS) is 18.1. The van der Waals surface area contributed by atoms with E-state index in [-0.39, 0.29) is 5.91 Å². The van der Waals surface area contributed by atoms with Gasteiger partial charge in [0.25, 0.3) is 5.91 Å². The smallest absolute Gasteiger partial charge is 0.253 e. The van der Waals surface area contributed by atoms with Crippen molar-refractivity contribution in [3.05, 3.63) is 29.8 Å². The Labute approximate surface area is 164 Å². The van der Waals surface area contributed by atoms with E-state index < -0.39 is 0 Å². The van der Waals surface area contributed by atoms with Crippen molar-refractivity contribution in [2.75, 3.05) is 45.9 Å². The molecule has 1 saturated heterocycles. The number of likely N-dealkylation sites (N-methyl/N-ethyl adjacent to an activating group) is 1. The average Bonchev–Trinajstić information content (AvgIpc) is 3.55. The van der Waals surface area contributed by atoms with Crippen LogP contribution < -0.4 is 10.1 Å². The van der Waals surface area contributed by atoms with Crippen molar-refractivity contribution >= 4 is 5.91 Å². The first-order chi connectivity index (χ1) is 13.2. The van der Waals surface area contributed by atoms with Crippen LogP contribution in [0.3, 0.4) is 0 Å². The summed E-state index contributed by atoms with van der Waals surface area (Å²) >= 11 is 0. The van der Waals surface area contributed by atoms with Gasteiger partial charge in [-0.25, -0.2) is 0 Å². The standard InChI is InChI=1S/C22H35N3O2/c1-3-24(4-2)15-16-27-21-9-7-19(8-10-21)22(26)25-13-11-20(12-14-25)23-17-18-5-6-18/h7-10,18,20,23H,3-6,11-17H2,1-2H3. The summed E-state index contributed by atoms with van der Waals surface area (Å²) < 4.78 is 5.81. The summed E-state index contributed by atoms with van der Waals surface area (Å²) in [5.74, 6) is 1.89. The molecule has 1 aliphatic carbocycles. The number of benzene rings is 1. The van der Waals surface area contributed by atoms with Crippen molar-refractivity contribution < 1.29 is 9.53 Å². The lowest BCUT2D eigenvalue weighted by atomic mass is 10.0. The van der Waals surface area contributed by atoms with Crippen LogP contribution in [-0.4, -0.2) is 67.6 Å². The third kappa shape index (κ3) is 6.22. The molecule has 3 rings (SSSR count). The molecule has 0 spiro atoms. The van der Waals surface area contributed by atoms with Crippen LogP contribution >= 0.6 is 0 Å². The average molecular weight is 374 g/mol. The molecule has 0 atom stereocenters. The van der Waals surface area contributed by atoms with Gasteiger partial charge in [0.15, 0.2) is 0 Å². The van der Waals surface area contributed by atoms with Gasteiger partial charge in [-0.05, 0) is 75.5 Å². The summed E-state index contributed by atoms with van der Waals surface area (Å²) in [4.78, 5) is 17.1. The van der Waals surface area contributed by atoms with E-state index >= 15 is 0 Å². The van der Waals surface area contributed by atoms with Crippen LogP contribution in [-0.2, 0) is 0 Å². The van der Waals surface area contributed by atoms with E-state index in [4.69, 9.17) is 4.74 Å². The van der Waals surface area contributed by atoms with Crippen molar-refractivity contribution in [2.45, 2.75) is 45.6 Å². The Balaban J connectivity index is 1.40. The zero-order valence-corrected chi connectivity index (χ0v) is 17.0. The molecule has 1 aliphatic heterocycles. The van der Waals surface area contributed by atoms with Gasteiger partial charge < -0.3 is 19.9 Å². The van der Waals surface area contributed by atoms with Gasteiger partial charge in [-0.2, -0.15) is 0 Å². The molecule has 2 fully saturated rings. The quantitative estimate of drug-likeness (QED) is 0.685. The molecule has 150 valence electrons. The lowest BCUT2D eigenvalue weighted by Gasteiger charge is -2.32. The largest absolute Gasteiger partial charge is 0.492 e. The third-order valence-electron chi connectivity index (χ3n) is 5.85. The highest BCUT2D eigenvalue weighted by molar-refractivity contribution is 5.94. The molecular weight excluding hydrogens is 338 g/mol. The number of nitrogens with zero attached hydrogens (tertiary/aromatic N) is 2. The highest BCUT2D eigenvalue weighted by Gasteiger charge is 2.26. The molecule has 5 nitrogen and oxygen atoms in total. The number of carbonyl (C=O) groups excluding carboxylic acids is 1. The first-order valence-corrected chi connectivity index (χ1v) is 10.7. The summed E-state index contributed by atoms with van der Waals surface area (Å²) in [5, 5.41) is 3.67. The zero-order chi connectivity index (χ0) is 19.1. The van der Waals surface area contributed by atoms with Crippen molar-refractivity contribution in [3.63, 3.8) is 0 Å². The molecule has 0 unspecified atom stereocenters.